The van der Waals surface area contributed by atoms with Gasteiger partial charge in [0.05, 0.1) is 13.2 Å². The predicted octanol–water partition coefficient (Wildman–Crippen LogP) is 1.36. The Kier molecular flexibility index (Phi) is 3.54. The molecule has 0 amide bonds. The van der Waals surface area contributed by atoms with Gasteiger partial charge in [0.1, 0.15) is 0 Å². The zero-order valence-corrected chi connectivity index (χ0v) is 7.16. The van der Waals surface area contributed by atoms with Crippen molar-refractivity contribution in [2.24, 2.45) is 0 Å². The monoisotopic (exact) mass is 167 g/mol. The lowest BCUT2D eigenvalue weighted by Crippen LogP contribution is -1.97. The van der Waals surface area contributed by atoms with Gasteiger partial charge in [-0.05, 0) is 18.1 Å². The van der Waals surface area contributed by atoms with Crippen LogP contribution in [0.1, 0.15) is 18.9 Å². The molecule has 12 heavy (non-hydrogen) atoms. The maximum atomic E-state index is 8.72. The van der Waals surface area contributed by atoms with Crippen LogP contribution in [0.4, 0.5) is 0 Å². The molecular formula is C9H13NO2. The first-order chi connectivity index (χ1) is 5.86. The molecule has 1 N–H and O–H groups in total. The number of ether oxygens (including phenoxy) is 1. The molecule has 0 aliphatic heterocycles. The number of pyridine rings is 1. The fraction of sp³-hybridized carbons (Fsp3) is 0.444. The number of aliphatic hydroxyl groups excluding tert-OH is 1. The van der Waals surface area contributed by atoms with Gasteiger partial charge in [-0.2, -0.15) is 0 Å². The Balaban J connectivity index is 2.53. The van der Waals surface area contributed by atoms with Crippen molar-refractivity contribution < 1.29 is 9.84 Å². The number of hydrogen-bond donors (Lipinski definition) is 1. The summed E-state index contributed by atoms with van der Waals surface area (Å²) in [5.41, 5.74) is 0.804. The Morgan fingerprint density at radius 2 is 2.33 bits per heavy atom. The molecule has 0 spiro atoms. The van der Waals surface area contributed by atoms with E-state index in [-0.39, 0.29) is 6.61 Å². The molecule has 0 atom stereocenters. The van der Waals surface area contributed by atoms with Crippen molar-refractivity contribution >= 4 is 0 Å². The first kappa shape index (κ1) is 9.00. The van der Waals surface area contributed by atoms with Crippen LogP contribution in [0, 0.1) is 0 Å². The van der Waals surface area contributed by atoms with Gasteiger partial charge >= 0.3 is 0 Å². The Morgan fingerprint density at radius 1 is 1.50 bits per heavy atom. The third-order valence-electron chi connectivity index (χ3n) is 1.43. The van der Waals surface area contributed by atoms with Crippen LogP contribution in [0.25, 0.3) is 0 Å². The molecule has 0 aliphatic rings. The van der Waals surface area contributed by atoms with Crippen molar-refractivity contribution in [2.45, 2.75) is 20.0 Å². The zero-order chi connectivity index (χ0) is 8.81. The van der Waals surface area contributed by atoms with Crippen LogP contribution in [0.15, 0.2) is 18.3 Å². The largest absolute Gasteiger partial charge is 0.478 e. The first-order valence-electron chi connectivity index (χ1n) is 4.05. The SMILES string of the molecule is CCCOc1ccc(CO)cn1. The van der Waals surface area contributed by atoms with E-state index in [0.29, 0.717) is 12.5 Å². The maximum absolute atomic E-state index is 8.72. The van der Waals surface area contributed by atoms with Crippen LogP contribution >= 0.6 is 0 Å². The lowest BCUT2D eigenvalue weighted by atomic mass is 10.3. The number of hydrogen-bond acceptors (Lipinski definition) is 3. The Hall–Kier alpha value is -1.09. The lowest BCUT2D eigenvalue weighted by molar-refractivity contribution is 0.279. The summed E-state index contributed by atoms with van der Waals surface area (Å²) in [4.78, 5) is 4.00. The molecule has 0 aliphatic carbocycles. The summed E-state index contributed by atoms with van der Waals surface area (Å²) in [6.45, 7) is 2.76. The van der Waals surface area contributed by atoms with Gasteiger partial charge < -0.3 is 9.84 Å². The molecule has 0 radical (unpaired) electrons. The molecule has 0 unspecified atom stereocenters. The summed E-state index contributed by atoms with van der Waals surface area (Å²) in [6, 6.07) is 3.57. The smallest absolute Gasteiger partial charge is 0.213 e. The minimum absolute atomic E-state index is 0.0288. The lowest BCUT2D eigenvalue weighted by Gasteiger charge is -2.02. The Morgan fingerprint density at radius 3 is 2.83 bits per heavy atom. The van der Waals surface area contributed by atoms with Crippen LogP contribution in [0.5, 0.6) is 5.88 Å². The van der Waals surface area contributed by atoms with Crippen molar-refractivity contribution in [3.05, 3.63) is 23.9 Å². The van der Waals surface area contributed by atoms with Crippen LogP contribution in [0.2, 0.25) is 0 Å². The minimum atomic E-state index is 0.0288. The zero-order valence-electron chi connectivity index (χ0n) is 7.16. The average Bonchev–Trinajstić information content (AvgIpc) is 2.15. The van der Waals surface area contributed by atoms with Crippen molar-refractivity contribution in [2.75, 3.05) is 6.61 Å². The van der Waals surface area contributed by atoms with Gasteiger partial charge in [-0.25, -0.2) is 4.98 Å². The predicted molar refractivity (Wildman–Crippen MR) is 45.9 cm³/mol. The van der Waals surface area contributed by atoms with Crippen LogP contribution in [-0.4, -0.2) is 16.7 Å². The molecule has 1 heterocycles. The van der Waals surface area contributed by atoms with Gasteiger partial charge in [0.2, 0.25) is 5.88 Å². The van der Waals surface area contributed by atoms with Gasteiger partial charge in [-0.15, -0.1) is 0 Å². The Labute approximate surface area is 72.0 Å². The summed E-state index contributed by atoms with van der Waals surface area (Å²) in [7, 11) is 0. The second-order valence-corrected chi connectivity index (χ2v) is 2.51. The molecule has 1 rings (SSSR count). The van der Waals surface area contributed by atoms with Crippen molar-refractivity contribution in [3.8, 4) is 5.88 Å². The van der Waals surface area contributed by atoms with E-state index < -0.39 is 0 Å². The second-order valence-electron chi connectivity index (χ2n) is 2.51. The summed E-state index contributed by atoms with van der Waals surface area (Å²) in [5.74, 6) is 0.619. The van der Waals surface area contributed by atoms with E-state index in [1.807, 2.05) is 6.92 Å². The topological polar surface area (TPSA) is 42.4 Å². The normalized spacial score (nSPS) is 9.83. The molecular weight excluding hydrogens is 154 g/mol. The van der Waals surface area contributed by atoms with E-state index in [9.17, 15) is 0 Å². The van der Waals surface area contributed by atoms with E-state index in [4.69, 9.17) is 9.84 Å². The number of nitrogens with zero attached hydrogens (tertiary/aromatic N) is 1. The molecule has 1 aromatic rings. The third kappa shape index (κ3) is 2.51. The molecule has 3 heteroatoms. The van der Waals surface area contributed by atoms with Crippen LogP contribution in [0.3, 0.4) is 0 Å². The average molecular weight is 167 g/mol. The van der Waals surface area contributed by atoms with Gasteiger partial charge in [0.15, 0.2) is 0 Å². The van der Waals surface area contributed by atoms with Crippen molar-refractivity contribution in [1.29, 1.82) is 0 Å². The minimum Gasteiger partial charge on any atom is -0.478 e. The first-order valence-corrected chi connectivity index (χ1v) is 4.05. The Bertz CT molecular complexity index is 220. The molecule has 3 nitrogen and oxygen atoms in total. The maximum Gasteiger partial charge on any atom is 0.213 e. The summed E-state index contributed by atoms with van der Waals surface area (Å²) in [6.07, 6.45) is 2.59. The molecule has 0 fully saturated rings. The molecule has 0 saturated heterocycles. The molecule has 0 bridgehead atoms. The summed E-state index contributed by atoms with van der Waals surface area (Å²) in [5, 5.41) is 8.72. The standard InChI is InChI=1S/C9H13NO2/c1-2-5-12-9-4-3-8(7-11)6-10-9/h3-4,6,11H,2,5,7H2,1H3. The molecule has 0 aromatic carbocycles. The van der Waals surface area contributed by atoms with Crippen molar-refractivity contribution in [1.82, 2.24) is 4.98 Å². The van der Waals surface area contributed by atoms with E-state index in [0.717, 1.165) is 12.0 Å². The fourth-order valence-corrected chi connectivity index (χ4v) is 0.796. The van der Waals surface area contributed by atoms with Gasteiger partial charge in [0.25, 0.3) is 0 Å². The van der Waals surface area contributed by atoms with Crippen LogP contribution < -0.4 is 4.74 Å². The van der Waals surface area contributed by atoms with E-state index >= 15 is 0 Å². The molecule has 0 saturated carbocycles. The highest BCUT2D eigenvalue weighted by molar-refractivity contribution is 5.16. The van der Waals surface area contributed by atoms with E-state index in [2.05, 4.69) is 4.98 Å². The highest BCUT2D eigenvalue weighted by Gasteiger charge is 1.94. The van der Waals surface area contributed by atoms with Crippen LogP contribution in [-0.2, 0) is 6.61 Å². The van der Waals surface area contributed by atoms with E-state index in [1.54, 1.807) is 18.3 Å². The quantitative estimate of drug-likeness (QED) is 0.736. The second kappa shape index (κ2) is 4.72. The van der Waals surface area contributed by atoms with Gasteiger partial charge in [-0.1, -0.05) is 6.92 Å². The number of aliphatic hydroxyl groups is 1. The summed E-state index contributed by atoms with van der Waals surface area (Å²) >= 11 is 0. The third-order valence-corrected chi connectivity index (χ3v) is 1.43. The fourth-order valence-electron chi connectivity index (χ4n) is 0.796. The highest BCUT2D eigenvalue weighted by Crippen LogP contribution is 2.07. The molecule has 66 valence electrons. The number of rotatable bonds is 4. The number of aromatic nitrogens is 1. The van der Waals surface area contributed by atoms with Gasteiger partial charge in [0, 0.05) is 12.3 Å². The van der Waals surface area contributed by atoms with E-state index in [1.165, 1.54) is 0 Å². The van der Waals surface area contributed by atoms with Gasteiger partial charge in [-0.3, -0.25) is 0 Å². The highest BCUT2D eigenvalue weighted by atomic mass is 16.5. The summed E-state index contributed by atoms with van der Waals surface area (Å²) < 4.78 is 5.26. The molecule has 1 aromatic heterocycles. The van der Waals surface area contributed by atoms with Crippen molar-refractivity contribution in [3.63, 3.8) is 0 Å².